The lowest BCUT2D eigenvalue weighted by Gasteiger charge is -2.39. The second-order valence-corrected chi connectivity index (χ2v) is 12.1. The maximum absolute atomic E-state index is 16.6. The van der Waals surface area contributed by atoms with Crippen LogP contribution in [0.5, 0.6) is 6.01 Å². The Morgan fingerprint density at radius 3 is 2.65 bits per heavy atom. The summed E-state index contributed by atoms with van der Waals surface area (Å²) in [6, 6.07) is 5.96. The van der Waals surface area contributed by atoms with Gasteiger partial charge < -0.3 is 19.9 Å². The molecule has 0 amide bonds. The molecule has 4 aromatic rings. The van der Waals surface area contributed by atoms with Crippen LogP contribution in [0.1, 0.15) is 24.8 Å². The summed E-state index contributed by atoms with van der Waals surface area (Å²) in [5, 5.41) is 12.3. The van der Waals surface area contributed by atoms with E-state index in [0.717, 1.165) is 80.6 Å². The molecular formula is C29H34Cl2FN7O. The number of fused-ring (bicyclic) bond motifs is 2. The Hall–Kier alpha value is -2.72. The summed E-state index contributed by atoms with van der Waals surface area (Å²) in [6.07, 6.45) is 4.93. The van der Waals surface area contributed by atoms with Crippen molar-refractivity contribution in [3.8, 4) is 17.1 Å². The van der Waals surface area contributed by atoms with E-state index in [2.05, 4.69) is 37.3 Å². The van der Waals surface area contributed by atoms with Gasteiger partial charge in [0.05, 0.1) is 23.3 Å². The normalized spacial score (nSPS) is 19.4. The van der Waals surface area contributed by atoms with E-state index in [-0.39, 0.29) is 29.3 Å². The van der Waals surface area contributed by atoms with Crippen molar-refractivity contribution in [3.63, 3.8) is 0 Å². The predicted octanol–water partition coefficient (Wildman–Crippen LogP) is 5.22. The standard InChI is InChI=1S/C29H33ClFN7O.ClH/c1-17-3-4-22-20(12-33-36-22)23(17)24-21(30)11-19-26(25(24)31)34-28(39-13-18-5-8-37(2)9-6-18)35-27(19)38-10-7-29(16-38)14-32-15-29;/h3-4,11-12,18,32H,5-10,13-16H2,1-2H3,(H,33,36);1H. The van der Waals surface area contributed by atoms with Crippen LogP contribution in [0, 0.1) is 24.1 Å². The average Bonchev–Trinajstić information content (AvgIpc) is 3.57. The van der Waals surface area contributed by atoms with Gasteiger partial charge in [-0.3, -0.25) is 5.10 Å². The first kappa shape index (κ1) is 27.4. The Bertz CT molecular complexity index is 1570. The van der Waals surface area contributed by atoms with Crippen molar-refractivity contribution in [1.29, 1.82) is 0 Å². The number of hydrogen-bond donors (Lipinski definition) is 2. The summed E-state index contributed by atoms with van der Waals surface area (Å²) >= 11 is 6.88. The zero-order chi connectivity index (χ0) is 26.7. The number of ether oxygens (including phenoxy) is 1. The van der Waals surface area contributed by atoms with Crippen LogP contribution in [0.2, 0.25) is 5.02 Å². The maximum Gasteiger partial charge on any atom is 0.319 e. The molecule has 0 bridgehead atoms. The van der Waals surface area contributed by atoms with E-state index >= 15 is 4.39 Å². The third-order valence-corrected chi connectivity index (χ3v) is 9.25. The number of nitrogens with zero attached hydrogens (tertiary/aromatic N) is 5. The van der Waals surface area contributed by atoms with Gasteiger partial charge in [0, 0.05) is 53.5 Å². The van der Waals surface area contributed by atoms with E-state index in [1.54, 1.807) is 6.20 Å². The Kier molecular flexibility index (Phi) is 7.27. The lowest BCUT2D eigenvalue weighted by atomic mass is 9.81. The number of benzene rings is 2. The highest BCUT2D eigenvalue weighted by atomic mass is 35.5. The highest BCUT2D eigenvalue weighted by Crippen LogP contribution is 2.44. The molecule has 2 N–H and O–H groups in total. The third kappa shape index (κ3) is 4.66. The zero-order valence-corrected chi connectivity index (χ0v) is 24.3. The van der Waals surface area contributed by atoms with Crippen molar-refractivity contribution in [2.45, 2.75) is 26.2 Å². The van der Waals surface area contributed by atoms with Crippen LogP contribution < -0.4 is 15.0 Å². The summed E-state index contributed by atoms with van der Waals surface area (Å²) < 4.78 is 22.8. The van der Waals surface area contributed by atoms with Crippen LogP contribution in [-0.2, 0) is 0 Å². The molecule has 3 aliphatic rings. The van der Waals surface area contributed by atoms with Crippen LogP contribution in [0.25, 0.3) is 32.9 Å². The minimum atomic E-state index is -0.457. The minimum absolute atomic E-state index is 0. The summed E-state index contributed by atoms with van der Waals surface area (Å²) in [6.45, 7) is 8.32. The monoisotopic (exact) mass is 585 g/mol. The molecule has 7 rings (SSSR count). The number of anilines is 1. The molecule has 2 aromatic heterocycles. The topological polar surface area (TPSA) is 82.2 Å². The highest BCUT2D eigenvalue weighted by Gasteiger charge is 2.44. The summed E-state index contributed by atoms with van der Waals surface area (Å²) in [5.41, 5.74) is 3.29. The number of aryl methyl sites for hydroxylation is 1. The first-order chi connectivity index (χ1) is 18.9. The first-order valence-electron chi connectivity index (χ1n) is 13.8. The van der Waals surface area contributed by atoms with Gasteiger partial charge in [0.15, 0.2) is 5.82 Å². The Balaban J connectivity index is 0.00000289. The predicted molar refractivity (Wildman–Crippen MR) is 159 cm³/mol. The fraction of sp³-hybridized carbons (Fsp3) is 0.483. The summed E-state index contributed by atoms with van der Waals surface area (Å²) in [4.78, 5) is 14.1. The number of halogens is 3. The largest absolute Gasteiger partial charge is 0.463 e. The molecule has 0 aliphatic carbocycles. The van der Waals surface area contributed by atoms with Crippen molar-refractivity contribution in [1.82, 2.24) is 30.4 Å². The lowest BCUT2D eigenvalue weighted by Crippen LogP contribution is -2.54. The van der Waals surface area contributed by atoms with Crippen LogP contribution in [0.3, 0.4) is 0 Å². The van der Waals surface area contributed by atoms with Crippen molar-refractivity contribution in [3.05, 3.63) is 40.8 Å². The molecule has 40 heavy (non-hydrogen) atoms. The number of aromatic nitrogens is 4. The van der Waals surface area contributed by atoms with Crippen LogP contribution in [0.4, 0.5) is 10.2 Å². The van der Waals surface area contributed by atoms with Crippen LogP contribution in [0.15, 0.2) is 24.4 Å². The molecule has 1 spiro atoms. The Labute approximate surface area is 244 Å². The SMILES string of the molecule is Cc1ccc2[nH]ncc2c1-c1c(Cl)cc2c(N3CCC4(CNC4)C3)nc(OCC3CCN(C)CC3)nc2c1F.Cl. The average molecular weight is 587 g/mol. The smallest absolute Gasteiger partial charge is 0.319 e. The van der Waals surface area contributed by atoms with Crippen LogP contribution in [-0.4, -0.2) is 78.0 Å². The molecule has 3 saturated heterocycles. The zero-order valence-electron chi connectivity index (χ0n) is 22.8. The van der Waals surface area contributed by atoms with E-state index in [4.69, 9.17) is 21.3 Å². The van der Waals surface area contributed by atoms with Gasteiger partial charge in [-0.15, -0.1) is 12.4 Å². The maximum atomic E-state index is 16.6. The fourth-order valence-electron chi connectivity index (χ4n) is 6.46. The van der Waals surface area contributed by atoms with Crippen molar-refractivity contribution < 1.29 is 9.13 Å². The number of hydrogen-bond acceptors (Lipinski definition) is 7. The van der Waals surface area contributed by atoms with Gasteiger partial charge >= 0.3 is 6.01 Å². The quantitative estimate of drug-likeness (QED) is 0.332. The van der Waals surface area contributed by atoms with Gasteiger partial charge in [0.2, 0.25) is 0 Å². The van der Waals surface area contributed by atoms with Crippen LogP contribution >= 0.6 is 24.0 Å². The van der Waals surface area contributed by atoms with Gasteiger partial charge in [0.25, 0.3) is 0 Å². The Morgan fingerprint density at radius 2 is 1.93 bits per heavy atom. The molecule has 0 atom stereocenters. The van der Waals surface area contributed by atoms with Gasteiger partial charge in [-0.05, 0) is 69.9 Å². The molecule has 0 radical (unpaired) electrons. The van der Waals surface area contributed by atoms with E-state index in [9.17, 15) is 0 Å². The second-order valence-electron chi connectivity index (χ2n) is 11.7. The molecule has 0 unspecified atom stereocenters. The Morgan fingerprint density at radius 1 is 1.12 bits per heavy atom. The number of rotatable bonds is 5. The second kappa shape index (κ2) is 10.6. The minimum Gasteiger partial charge on any atom is -0.463 e. The molecular weight excluding hydrogens is 552 g/mol. The van der Waals surface area contributed by atoms with Gasteiger partial charge in [0.1, 0.15) is 11.3 Å². The molecule has 11 heteroatoms. The molecule has 212 valence electrons. The van der Waals surface area contributed by atoms with E-state index in [0.29, 0.717) is 34.3 Å². The fourth-order valence-corrected chi connectivity index (χ4v) is 6.74. The molecule has 8 nitrogen and oxygen atoms in total. The molecule has 0 saturated carbocycles. The van der Waals surface area contributed by atoms with Gasteiger partial charge in [-0.25, -0.2) is 4.39 Å². The van der Waals surface area contributed by atoms with E-state index in [1.807, 2.05) is 25.1 Å². The van der Waals surface area contributed by atoms with Gasteiger partial charge in [-0.1, -0.05) is 17.7 Å². The first-order valence-corrected chi connectivity index (χ1v) is 14.2. The van der Waals surface area contributed by atoms with E-state index < -0.39 is 5.82 Å². The van der Waals surface area contributed by atoms with Crippen molar-refractivity contribution in [2.24, 2.45) is 11.3 Å². The number of likely N-dealkylation sites (tertiary alicyclic amines) is 1. The number of piperidine rings is 1. The molecule has 5 heterocycles. The van der Waals surface area contributed by atoms with Crippen molar-refractivity contribution in [2.75, 3.05) is 57.8 Å². The number of aromatic amines is 1. The third-order valence-electron chi connectivity index (χ3n) is 8.95. The molecule has 3 aliphatic heterocycles. The van der Waals surface area contributed by atoms with Gasteiger partial charge in [-0.2, -0.15) is 15.1 Å². The number of nitrogens with one attached hydrogen (secondary N) is 2. The highest BCUT2D eigenvalue weighted by molar-refractivity contribution is 6.35. The number of H-pyrrole nitrogens is 1. The summed E-state index contributed by atoms with van der Waals surface area (Å²) in [5.74, 6) is 0.682. The van der Waals surface area contributed by atoms with Crippen molar-refractivity contribution >= 4 is 51.6 Å². The summed E-state index contributed by atoms with van der Waals surface area (Å²) in [7, 11) is 2.15. The van der Waals surface area contributed by atoms with E-state index in [1.165, 1.54) is 0 Å². The molecule has 3 fully saturated rings. The lowest BCUT2D eigenvalue weighted by molar-refractivity contribution is 0.154. The molecule has 2 aromatic carbocycles.